The van der Waals surface area contributed by atoms with Gasteiger partial charge in [0.15, 0.2) is 0 Å². The Bertz CT molecular complexity index is 314. The van der Waals surface area contributed by atoms with Gasteiger partial charge in [-0.2, -0.15) is 5.10 Å². The minimum atomic E-state index is -0.190. The molecule has 0 saturated carbocycles. The van der Waals surface area contributed by atoms with E-state index in [-0.39, 0.29) is 5.91 Å². The molecule has 0 aliphatic carbocycles. The first-order chi connectivity index (χ1) is 7.24. The van der Waals surface area contributed by atoms with Crippen LogP contribution in [0.25, 0.3) is 0 Å². The Labute approximate surface area is 93.4 Å². The van der Waals surface area contributed by atoms with E-state index in [4.69, 9.17) is 16.3 Å². The van der Waals surface area contributed by atoms with Gasteiger partial charge in [-0.15, -0.1) is 11.6 Å². The number of hydrogen-bond donors (Lipinski definition) is 1. The van der Waals surface area contributed by atoms with Crippen molar-refractivity contribution in [2.24, 2.45) is 7.05 Å². The first kappa shape index (κ1) is 12.0. The fourth-order valence-electron chi connectivity index (χ4n) is 1.02. The van der Waals surface area contributed by atoms with Crippen molar-refractivity contribution in [1.82, 2.24) is 15.1 Å². The minimum Gasteiger partial charge on any atom is -0.378 e. The van der Waals surface area contributed by atoms with Crippen molar-refractivity contribution >= 4 is 17.5 Å². The molecule has 1 aromatic heterocycles. The summed E-state index contributed by atoms with van der Waals surface area (Å²) in [5, 5.41) is 6.66. The maximum absolute atomic E-state index is 11.4. The Morgan fingerprint density at radius 1 is 1.67 bits per heavy atom. The number of carbonyl (C=O) groups is 1. The Morgan fingerprint density at radius 3 is 3.07 bits per heavy atom. The predicted molar refractivity (Wildman–Crippen MR) is 57.1 cm³/mol. The molecular weight excluding hydrogens is 218 g/mol. The van der Waals surface area contributed by atoms with Gasteiger partial charge in [-0.1, -0.05) is 0 Å². The van der Waals surface area contributed by atoms with Gasteiger partial charge in [0.05, 0.1) is 13.2 Å². The van der Waals surface area contributed by atoms with Crippen molar-refractivity contribution in [3.63, 3.8) is 0 Å². The largest absolute Gasteiger partial charge is 0.378 e. The lowest BCUT2D eigenvalue weighted by Gasteiger charge is -2.03. The molecule has 0 radical (unpaired) electrons. The van der Waals surface area contributed by atoms with Crippen LogP contribution in [0.4, 0.5) is 0 Å². The van der Waals surface area contributed by atoms with Gasteiger partial charge in [-0.3, -0.25) is 9.48 Å². The Morgan fingerprint density at radius 2 is 2.47 bits per heavy atom. The molecule has 0 bridgehead atoms. The normalized spacial score (nSPS) is 10.3. The summed E-state index contributed by atoms with van der Waals surface area (Å²) in [6.07, 6.45) is 1.72. The Balaban J connectivity index is 2.19. The summed E-state index contributed by atoms with van der Waals surface area (Å²) >= 11 is 5.42. The minimum absolute atomic E-state index is 0.190. The lowest BCUT2D eigenvalue weighted by atomic mass is 10.4. The molecule has 6 heteroatoms. The molecule has 0 aliphatic rings. The second kappa shape index (κ2) is 6.42. The van der Waals surface area contributed by atoms with E-state index < -0.39 is 0 Å². The zero-order valence-electron chi connectivity index (χ0n) is 8.57. The van der Waals surface area contributed by atoms with E-state index in [0.717, 1.165) is 0 Å². The van der Waals surface area contributed by atoms with E-state index >= 15 is 0 Å². The fraction of sp³-hybridized carbons (Fsp3) is 0.556. The maximum atomic E-state index is 11.4. The van der Waals surface area contributed by atoms with Crippen molar-refractivity contribution in [2.45, 2.75) is 0 Å². The van der Waals surface area contributed by atoms with Crippen LogP contribution in [0, 0.1) is 0 Å². The number of halogens is 1. The summed E-state index contributed by atoms with van der Waals surface area (Å²) < 4.78 is 6.68. The highest BCUT2D eigenvalue weighted by Gasteiger charge is 2.06. The van der Waals surface area contributed by atoms with Crippen LogP contribution in [0.5, 0.6) is 0 Å². The Hall–Kier alpha value is -1.07. The number of carbonyl (C=O) groups excluding carboxylic acids is 1. The molecule has 0 unspecified atom stereocenters. The molecule has 84 valence electrons. The number of alkyl halides is 1. The third-order valence-electron chi connectivity index (χ3n) is 1.70. The van der Waals surface area contributed by atoms with Gasteiger partial charge >= 0.3 is 0 Å². The summed E-state index contributed by atoms with van der Waals surface area (Å²) in [6.45, 7) is 1.43. The number of aryl methyl sites for hydroxylation is 1. The van der Waals surface area contributed by atoms with Crippen LogP contribution in [-0.4, -0.2) is 41.3 Å². The average molecular weight is 232 g/mol. The van der Waals surface area contributed by atoms with Crippen molar-refractivity contribution in [2.75, 3.05) is 25.6 Å². The lowest BCUT2D eigenvalue weighted by molar-refractivity contribution is 0.0918. The van der Waals surface area contributed by atoms with E-state index in [9.17, 15) is 4.79 Å². The number of nitrogens with zero attached hydrogens (tertiary/aromatic N) is 2. The summed E-state index contributed by atoms with van der Waals surface area (Å²) in [4.78, 5) is 11.4. The first-order valence-corrected chi connectivity index (χ1v) is 5.19. The van der Waals surface area contributed by atoms with Crippen molar-refractivity contribution in [1.29, 1.82) is 0 Å². The van der Waals surface area contributed by atoms with Crippen LogP contribution < -0.4 is 5.32 Å². The van der Waals surface area contributed by atoms with Crippen LogP contribution in [0.2, 0.25) is 0 Å². The standard InChI is InChI=1S/C9H14ClN3O2/c1-13-5-2-8(12-13)9(14)11-4-7-15-6-3-10/h2,5H,3-4,6-7H2,1H3,(H,11,14). The molecule has 1 aromatic rings. The highest BCUT2D eigenvalue weighted by atomic mass is 35.5. The molecule has 0 aliphatic heterocycles. The molecule has 0 spiro atoms. The van der Waals surface area contributed by atoms with Gasteiger partial charge in [0.2, 0.25) is 0 Å². The third kappa shape index (κ3) is 4.31. The quantitative estimate of drug-likeness (QED) is 0.570. The van der Waals surface area contributed by atoms with Crippen molar-refractivity contribution in [3.8, 4) is 0 Å². The molecule has 1 heterocycles. The van der Waals surface area contributed by atoms with Gasteiger partial charge in [-0.05, 0) is 6.07 Å². The molecule has 1 N–H and O–H groups in total. The highest BCUT2D eigenvalue weighted by Crippen LogP contribution is 1.92. The van der Waals surface area contributed by atoms with Crippen molar-refractivity contribution < 1.29 is 9.53 Å². The number of rotatable bonds is 6. The molecule has 1 amide bonds. The number of aromatic nitrogens is 2. The number of amides is 1. The molecule has 5 nitrogen and oxygen atoms in total. The molecular formula is C9H14ClN3O2. The lowest BCUT2D eigenvalue weighted by Crippen LogP contribution is -2.27. The number of ether oxygens (including phenoxy) is 1. The number of nitrogens with one attached hydrogen (secondary N) is 1. The third-order valence-corrected chi connectivity index (χ3v) is 1.85. The molecule has 0 saturated heterocycles. The Kier molecular flexibility index (Phi) is 5.14. The molecule has 15 heavy (non-hydrogen) atoms. The topological polar surface area (TPSA) is 56.2 Å². The smallest absolute Gasteiger partial charge is 0.271 e. The summed E-state index contributed by atoms with van der Waals surface area (Å²) in [5.74, 6) is 0.277. The zero-order valence-corrected chi connectivity index (χ0v) is 9.33. The van der Waals surface area contributed by atoms with Gasteiger partial charge in [-0.25, -0.2) is 0 Å². The predicted octanol–water partition coefficient (Wildman–Crippen LogP) is 0.405. The second-order valence-corrected chi connectivity index (χ2v) is 3.31. The summed E-state index contributed by atoms with van der Waals surface area (Å²) in [6, 6.07) is 1.66. The SMILES string of the molecule is Cn1ccc(C(=O)NCCOCCCl)n1. The van der Waals surface area contributed by atoms with Crippen LogP contribution in [-0.2, 0) is 11.8 Å². The number of hydrogen-bond acceptors (Lipinski definition) is 3. The monoisotopic (exact) mass is 231 g/mol. The molecule has 0 atom stereocenters. The fourth-order valence-corrected chi connectivity index (χ4v) is 1.13. The van der Waals surface area contributed by atoms with Gasteiger partial charge in [0.25, 0.3) is 5.91 Å². The molecule has 0 fully saturated rings. The van der Waals surface area contributed by atoms with Gasteiger partial charge in [0.1, 0.15) is 5.69 Å². The van der Waals surface area contributed by atoms with Crippen molar-refractivity contribution in [3.05, 3.63) is 18.0 Å². The van der Waals surface area contributed by atoms with E-state index in [2.05, 4.69) is 10.4 Å². The van der Waals surface area contributed by atoms with Crippen LogP contribution in [0.15, 0.2) is 12.3 Å². The highest BCUT2D eigenvalue weighted by molar-refractivity contribution is 6.17. The summed E-state index contributed by atoms with van der Waals surface area (Å²) in [5.41, 5.74) is 0.412. The molecule has 0 aromatic carbocycles. The van der Waals surface area contributed by atoms with Crippen LogP contribution >= 0.6 is 11.6 Å². The second-order valence-electron chi connectivity index (χ2n) is 2.93. The van der Waals surface area contributed by atoms with E-state index in [0.29, 0.717) is 31.3 Å². The first-order valence-electron chi connectivity index (χ1n) is 4.65. The van der Waals surface area contributed by atoms with Crippen LogP contribution in [0.1, 0.15) is 10.5 Å². The van der Waals surface area contributed by atoms with Crippen LogP contribution in [0.3, 0.4) is 0 Å². The zero-order chi connectivity index (χ0) is 11.1. The van der Waals surface area contributed by atoms with Gasteiger partial charge < -0.3 is 10.1 Å². The van der Waals surface area contributed by atoms with E-state index in [1.807, 2.05) is 0 Å². The van der Waals surface area contributed by atoms with E-state index in [1.54, 1.807) is 24.0 Å². The van der Waals surface area contributed by atoms with E-state index in [1.165, 1.54) is 0 Å². The maximum Gasteiger partial charge on any atom is 0.271 e. The molecule has 1 rings (SSSR count). The van der Waals surface area contributed by atoms with Gasteiger partial charge in [0, 0.05) is 25.7 Å². The average Bonchev–Trinajstić information content (AvgIpc) is 2.64. The summed E-state index contributed by atoms with van der Waals surface area (Å²) in [7, 11) is 1.76.